The molecule has 1 heterocycles. The lowest BCUT2D eigenvalue weighted by Gasteiger charge is -2.11. The summed E-state index contributed by atoms with van der Waals surface area (Å²) in [5.41, 5.74) is 0.0943. The summed E-state index contributed by atoms with van der Waals surface area (Å²) < 4.78 is 22.5. The van der Waals surface area contributed by atoms with E-state index in [0.29, 0.717) is 6.42 Å². The van der Waals surface area contributed by atoms with E-state index in [1.165, 1.54) is 12.1 Å². The second kappa shape index (κ2) is 4.49. The van der Waals surface area contributed by atoms with Crippen LogP contribution in [0, 0.1) is 0 Å². The minimum atomic E-state index is -3.05. The Morgan fingerprint density at radius 1 is 1.22 bits per heavy atom. The largest absolute Gasteiger partial charge is 0.508 e. The SMILES string of the molecule is O=C(NC1CCS(=O)(=O)C1)c1cc(O)cc(O)c1. The molecule has 0 aliphatic carbocycles. The highest BCUT2D eigenvalue weighted by atomic mass is 32.2. The zero-order valence-corrected chi connectivity index (χ0v) is 10.3. The Labute approximate surface area is 104 Å². The fraction of sp³-hybridized carbons (Fsp3) is 0.364. The van der Waals surface area contributed by atoms with Crippen molar-refractivity contribution in [2.45, 2.75) is 12.5 Å². The molecular formula is C11H13NO5S. The van der Waals surface area contributed by atoms with E-state index in [4.69, 9.17) is 0 Å². The van der Waals surface area contributed by atoms with Crippen molar-refractivity contribution < 1.29 is 23.4 Å². The summed E-state index contributed by atoms with van der Waals surface area (Å²) >= 11 is 0. The van der Waals surface area contributed by atoms with Crippen LogP contribution in [0.5, 0.6) is 11.5 Å². The van der Waals surface area contributed by atoms with Gasteiger partial charge in [-0.3, -0.25) is 4.79 Å². The van der Waals surface area contributed by atoms with Crippen LogP contribution in [-0.2, 0) is 9.84 Å². The van der Waals surface area contributed by atoms with E-state index in [2.05, 4.69) is 5.32 Å². The van der Waals surface area contributed by atoms with Crippen LogP contribution in [-0.4, -0.2) is 42.1 Å². The van der Waals surface area contributed by atoms with E-state index in [-0.39, 0.29) is 28.6 Å². The Morgan fingerprint density at radius 3 is 2.33 bits per heavy atom. The van der Waals surface area contributed by atoms with Gasteiger partial charge in [0, 0.05) is 17.7 Å². The van der Waals surface area contributed by atoms with Gasteiger partial charge in [0.05, 0.1) is 11.5 Å². The molecule has 1 amide bonds. The predicted octanol–water partition coefficient (Wildman–Crippen LogP) is 0.0147. The van der Waals surface area contributed by atoms with E-state index in [1.54, 1.807) is 0 Å². The van der Waals surface area contributed by atoms with Crippen LogP contribution in [0.4, 0.5) is 0 Å². The number of phenolic OH excluding ortho intramolecular Hbond substituents is 2. The highest BCUT2D eigenvalue weighted by Crippen LogP contribution is 2.21. The van der Waals surface area contributed by atoms with Crippen molar-refractivity contribution in [3.63, 3.8) is 0 Å². The first-order valence-electron chi connectivity index (χ1n) is 5.40. The molecule has 18 heavy (non-hydrogen) atoms. The molecule has 3 N–H and O–H groups in total. The molecule has 1 aromatic carbocycles. The molecule has 1 atom stereocenters. The summed E-state index contributed by atoms with van der Waals surface area (Å²) in [4.78, 5) is 11.8. The van der Waals surface area contributed by atoms with Crippen LogP contribution in [0.15, 0.2) is 18.2 Å². The van der Waals surface area contributed by atoms with E-state index in [0.717, 1.165) is 6.07 Å². The number of nitrogens with one attached hydrogen (secondary N) is 1. The van der Waals surface area contributed by atoms with Crippen molar-refractivity contribution in [1.29, 1.82) is 0 Å². The van der Waals surface area contributed by atoms with Crippen molar-refractivity contribution in [3.8, 4) is 11.5 Å². The third-order valence-corrected chi connectivity index (χ3v) is 4.50. The highest BCUT2D eigenvalue weighted by molar-refractivity contribution is 7.91. The van der Waals surface area contributed by atoms with E-state index in [1.807, 2.05) is 0 Å². The van der Waals surface area contributed by atoms with Gasteiger partial charge in [-0.2, -0.15) is 0 Å². The second-order valence-electron chi connectivity index (χ2n) is 4.31. The maximum atomic E-state index is 11.8. The van der Waals surface area contributed by atoms with Crippen LogP contribution < -0.4 is 5.32 Å². The van der Waals surface area contributed by atoms with E-state index < -0.39 is 21.8 Å². The lowest BCUT2D eigenvalue weighted by atomic mass is 10.1. The number of carbonyl (C=O) groups excluding carboxylic acids is 1. The van der Waals surface area contributed by atoms with Crippen molar-refractivity contribution in [2.75, 3.05) is 11.5 Å². The third kappa shape index (κ3) is 2.92. The number of amides is 1. The topological polar surface area (TPSA) is 104 Å². The monoisotopic (exact) mass is 271 g/mol. The van der Waals surface area contributed by atoms with Gasteiger partial charge >= 0.3 is 0 Å². The molecule has 6 nitrogen and oxygen atoms in total. The minimum absolute atomic E-state index is 0.0659. The van der Waals surface area contributed by atoms with Crippen molar-refractivity contribution in [3.05, 3.63) is 23.8 Å². The summed E-state index contributed by atoms with van der Waals surface area (Å²) in [7, 11) is -3.05. The number of rotatable bonds is 2. The molecule has 1 aromatic rings. The van der Waals surface area contributed by atoms with Crippen LogP contribution in [0.1, 0.15) is 16.8 Å². The lowest BCUT2D eigenvalue weighted by molar-refractivity contribution is 0.0940. The van der Waals surface area contributed by atoms with Crippen LogP contribution in [0.3, 0.4) is 0 Å². The zero-order valence-electron chi connectivity index (χ0n) is 9.46. The molecule has 2 rings (SSSR count). The van der Waals surface area contributed by atoms with Crippen LogP contribution in [0.2, 0.25) is 0 Å². The standard InChI is InChI=1S/C11H13NO5S/c13-9-3-7(4-10(14)5-9)11(15)12-8-1-2-18(16,17)6-8/h3-5,8,13-14H,1-2,6H2,(H,12,15). The van der Waals surface area contributed by atoms with Gasteiger partial charge in [-0.25, -0.2) is 8.42 Å². The molecule has 1 saturated heterocycles. The molecule has 7 heteroatoms. The molecule has 1 aliphatic heterocycles. The van der Waals surface area contributed by atoms with Crippen LogP contribution >= 0.6 is 0 Å². The number of phenols is 2. The summed E-state index contributed by atoms with van der Waals surface area (Å²) in [5.74, 6) is -0.950. The second-order valence-corrected chi connectivity index (χ2v) is 6.54. The Hall–Kier alpha value is -1.76. The maximum Gasteiger partial charge on any atom is 0.251 e. The summed E-state index contributed by atoms with van der Waals surface area (Å²) in [5, 5.41) is 21.1. The number of hydrogen-bond acceptors (Lipinski definition) is 5. The molecule has 0 bridgehead atoms. The molecule has 1 fully saturated rings. The zero-order chi connectivity index (χ0) is 13.3. The van der Waals surface area contributed by atoms with Gasteiger partial charge in [0.15, 0.2) is 9.84 Å². The van der Waals surface area contributed by atoms with Crippen molar-refractivity contribution >= 4 is 15.7 Å². The molecule has 0 aromatic heterocycles. The van der Waals surface area contributed by atoms with Gasteiger partial charge in [-0.15, -0.1) is 0 Å². The molecule has 0 saturated carbocycles. The van der Waals surface area contributed by atoms with E-state index >= 15 is 0 Å². The lowest BCUT2D eigenvalue weighted by Crippen LogP contribution is -2.35. The van der Waals surface area contributed by atoms with Gasteiger partial charge in [0.1, 0.15) is 11.5 Å². The number of hydrogen-bond donors (Lipinski definition) is 3. The van der Waals surface area contributed by atoms with E-state index in [9.17, 15) is 23.4 Å². The summed E-state index contributed by atoms with van der Waals surface area (Å²) in [6.07, 6.45) is 0.388. The average Bonchev–Trinajstić information content (AvgIpc) is 2.56. The highest BCUT2D eigenvalue weighted by Gasteiger charge is 2.29. The Morgan fingerprint density at radius 2 is 1.83 bits per heavy atom. The minimum Gasteiger partial charge on any atom is -0.508 e. The van der Waals surface area contributed by atoms with Gasteiger partial charge < -0.3 is 15.5 Å². The normalized spacial score (nSPS) is 21.7. The number of benzene rings is 1. The fourth-order valence-corrected chi connectivity index (χ4v) is 3.58. The fourth-order valence-electron chi connectivity index (χ4n) is 1.90. The first kappa shape index (κ1) is 12.7. The molecule has 0 spiro atoms. The Balaban J connectivity index is 2.08. The Kier molecular flexibility index (Phi) is 3.16. The number of sulfone groups is 1. The smallest absolute Gasteiger partial charge is 0.251 e. The van der Waals surface area contributed by atoms with Gasteiger partial charge in [-0.05, 0) is 18.6 Å². The van der Waals surface area contributed by atoms with Crippen molar-refractivity contribution in [2.24, 2.45) is 0 Å². The average molecular weight is 271 g/mol. The van der Waals surface area contributed by atoms with Crippen molar-refractivity contribution in [1.82, 2.24) is 5.32 Å². The summed E-state index contributed by atoms with van der Waals surface area (Å²) in [6.45, 7) is 0. The third-order valence-electron chi connectivity index (χ3n) is 2.73. The Bertz CT molecular complexity index is 561. The number of carbonyl (C=O) groups is 1. The first-order chi connectivity index (χ1) is 8.35. The summed E-state index contributed by atoms with van der Waals surface area (Å²) in [6, 6.07) is 3.11. The van der Waals surface area contributed by atoms with Gasteiger partial charge in [0.25, 0.3) is 5.91 Å². The predicted molar refractivity (Wildman–Crippen MR) is 64.3 cm³/mol. The molecule has 0 radical (unpaired) electrons. The molecule has 1 unspecified atom stereocenters. The first-order valence-corrected chi connectivity index (χ1v) is 7.22. The molecule has 1 aliphatic rings. The quantitative estimate of drug-likeness (QED) is 0.703. The maximum absolute atomic E-state index is 11.8. The van der Waals surface area contributed by atoms with Gasteiger partial charge in [0.2, 0.25) is 0 Å². The molecule has 98 valence electrons. The molecular weight excluding hydrogens is 258 g/mol. The van der Waals surface area contributed by atoms with Gasteiger partial charge in [-0.1, -0.05) is 0 Å². The van der Waals surface area contributed by atoms with Crippen LogP contribution in [0.25, 0.3) is 0 Å². The number of aromatic hydroxyl groups is 2.